The molecular formula is C15H20N4O. The van der Waals surface area contributed by atoms with E-state index in [4.69, 9.17) is 4.52 Å². The Morgan fingerprint density at radius 3 is 2.80 bits per heavy atom. The number of aromatic nitrogens is 2. The predicted octanol–water partition coefficient (Wildman–Crippen LogP) is 2.90. The van der Waals surface area contributed by atoms with Crippen LogP contribution in [0.5, 0.6) is 0 Å². The first-order valence-corrected chi connectivity index (χ1v) is 7.11. The average Bonchev–Trinajstić information content (AvgIpc) is 3.09. The molecule has 5 nitrogen and oxygen atoms in total. The number of hydrogen-bond acceptors (Lipinski definition) is 5. The zero-order chi connectivity index (χ0) is 13.9. The summed E-state index contributed by atoms with van der Waals surface area (Å²) in [6.07, 6.45) is 4.36. The van der Waals surface area contributed by atoms with E-state index in [9.17, 15) is 0 Å². The van der Waals surface area contributed by atoms with E-state index in [0.29, 0.717) is 6.54 Å². The first-order valence-electron chi connectivity index (χ1n) is 7.11. The lowest BCUT2D eigenvalue weighted by atomic mass is 10.2. The zero-order valence-corrected chi connectivity index (χ0v) is 12.0. The Bertz CT molecular complexity index is 568. The maximum absolute atomic E-state index is 5.20. The fourth-order valence-electron chi connectivity index (χ4n) is 2.65. The van der Waals surface area contributed by atoms with E-state index in [1.54, 1.807) is 0 Å². The van der Waals surface area contributed by atoms with Crippen LogP contribution in [0, 0.1) is 13.8 Å². The highest BCUT2D eigenvalue weighted by atomic mass is 16.5. The third-order valence-electron chi connectivity index (χ3n) is 3.83. The molecule has 2 aromatic heterocycles. The minimum atomic E-state index is 0.716. The van der Waals surface area contributed by atoms with Crippen molar-refractivity contribution in [3.05, 3.63) is 35.3 Å². The second-order valence-electron chi connectivity index (χ2n) is 5.23. The molecule has 5 heteroatoms. The summed E-state index contributed by atoms with van der Waals surface area (Å²) in [5.41, 5.74) is 3.15. The summed E-state index contributed by atoms with van der Waals surface area (Å²) in [7, 11) is 0. The van der Waals surface area contributed by atoms with Crippen LogP contribution in [0.2, 0.25) is 0 Å². The van der Waals surface area contributed by atoms with Gasteiger partial charge in [0, 0.05) is 31.4 Å². The lowest BCUT2D eigenvalue weighted by Crippen LogP contribution is -2.20. The van der Waals surface area contributed by atoms with Gasteiger partial charge in [-0.25, -0.2) is 4.98 Å². The van der Waals surface area contributed by atoms with Crippen LogP contribution in [0.4, 0.5) is 11.5 Å². The fraction of sp³-hybridized carbons (Fsp3) is 0.467. The molecule has 1 aliphatic heterocycles. The smallest absolute Gasteiger partial charge is 0.151 e. The van der Waals surface area contributed by atoms with Gasteiger partial charge in [-0.3, -0.25) is 0 Å². The second kappa shape index (κ2) is 5.53. The standard InChI is InChI=1S/C15H20N4O/c1-11-13(12(2)20-18-11)10-17-14-6-5-7-16-15(14)19-8-3-4-9-19/h5-7,17H,3-4,8-10H2,1-2H3. The monoisotopic (exact) mass is 272 g/mol. The van der Waals surface area contributed by atoms with Crippen molar-refractivity contribution in [1.82, 2.24) is 10.1 Å². The molecule has 0 spiro atoms. The largest absolute Gasteiger partial charge is 0.378 e. The van der Waals surface area contributed by atoms with E-state index in [1.807, 2.05) is 26.1 Å². The maximum atomic E-state index is 5.20. The van der Waals surface area contributed by atoms with Crippen LogP contribution in [0.1, 0.15) is 29.9 Å². The number of rotatable bonds is 4. The molecule has 0 bridgehead atoms. The zero-order valence-electron chi connectivity index (χ0n) is 12.0. The lowest BCUT2D eigenvalue weighted by molar-refractivity contribution is 0.392. The van der Waals surface area contributed by atoms with Crippen molar-refractivity contribution >= 4 is 11.5 Å². The van der Waals surface area contributed by atoms with Crippen LogP contribution in [-0.4, -0.2) is 23.2 Å². The molecule has 1 aliphatic rings. The quantitative estimate of drug-likeness (QED) is 0.927. The van der Waals surface area contributed by atoms with Gasteiger partial charge in [0.15, 0.2) is 5.82 Å². The molecular weight excluding hydrogens is 252 g/mol. The minimum absolute atomic E-state index is 0.716. The number of nitrogens with zero attached hydrogens (tertiary/aromatic N) is 3. The summed E-state index contributed by atoms with van der Waals surface area (Å²) in [5.74, 6) is 1.93. The van der Waals surface area contributed by atoms with Crippen molar-refractivity contribution in [3.63, 3.8) is 0 Å². The first-order chi connectivity index (χ1) is 9.75. The Balaban J connectivity index is 1.77. The molecule has 0 aromatic carbocycles. The SMILES string of the molecule is Cc1noc(C)c1CNc1cccnc1N1CCCC1. The molecule has 0 radical (unpaired) electrons. The Morgan fingerprint density at radius 1 is 1.30 bits per heavy atom. The molecule has 0 unspecified atom stereocenters. The first kappa shape index (κ1) is 13.0. The van der Waals surface area contributed by atoms with Crippen molar-refractivity contribution in [3.8, 4) is 0 Å². The highest BCUT2D eigenvalue weighted by Crippen LogP contribution is 2.27. The number of anilines is 2. The van der Waals surface area contributed by atoms with Crippen LogP contribution in [0.25, 0.3) is 0 Å². The molecule has 1 saturated heterocycles. The highest BCUT2D eigenvalue weighted by molar-refractivity contribution is 5.65. The van der Waals surface area contributed by atoms with Crippen molar-refractivity contribution in [2.45, 2.75) is 33.2 Å². The Kier molecular flexibility index (Phi) is 3.58. The van der Waals surface area contributed by atoms with E-state index in [1.165, 1.54) is 12.8 Å². The Morgan fingerprint density at radius 2 is 2.10 bits per heavy atom. The van der Waals surface area contributed by atoms with Gasteiger partial charge < -0.3 is 14.7 Å². The molecule has 3 heterocycles. The Labute approximate surface area is 119 Å². The normalized spacial score (nSPS) is 14.8. The van der Waals surface area contributed by atoms with Crippen molar-refractivity contribution in [2.75, 3.05) is 23.3 Å². The van der Waals surface area contributed by atoms with Crippen LogP contribution in [0.3, 0.4) is 0 Å². The third kappa shape index (κ3) is 2.48. The molecule has 0 saturated carbocycles. The molecule has 0 atom stereocenters. The van der Waals surface area contributed by atoms with E-state index in [-0.39, 0.29) is 0 Å². The van der Waals surface area contributed by atoms with Gasteiger partial charge in [-0.2, -0.15) is 0 Å². The second-order valence-corrected chi connectivity index (χ2v) is 5.23. The van der Waals surface area contributed by atoms with Crippen LogP contribution >= 0.6 is 0 Å². The van der Waals surface area contributed by atoms with Gasteiger partial charge in [-0.15, -0.1) is 0 Å². The van der Waals surface area contributed by atoms with Gasteiger partial charge in [0.05, 0.1) is 11.4 Å². The van der Waals surface area contributed by atoms with Gasteiger partial charge in [0.25, 0.3) is 0 Å². The summed E-state index contributed by atoms with van der Waals surface area (Å²) < 4.78 is 5.20. The molecule has 0 amide bonds. The number of nitrogens with one attached hydrogen (secondary N) is 1. The molecule has 106 valence electrons. The minimum Gasteiger partial charge on any atom is -0.378 e. The van der Waals surface area contributed by atoms with E-state index in [2.05, 4.69) is 26.4 Å². The lowest BCUT2D eigenvalue weighted by Gasteiger charge is -2.20. The van der Waals surface area contributed by atoms with Crippen molar-refractivity contribution in [1.29, 1.82) is 0 Å². The summed E-state index contributed by atoms with van der Waals surface area (Å²) >= 11 is 0. The molecule has 1 fully saturated rings. The molecule has 2 aromatic rings. The molecule has 1 N–H and O–H groups in total. The van der Waals surface area contributed by atoms with Crippen molar-refractivity contribution < 1.29 is 4.52 Å². The number of hydrogen-bond donors (Lipinski definition) is 1. The summed E-state index contributed by atoms with van der Waals surface area (Å²) in [4.78, 5) is 6.87. The van der Waals surface area contributed by atoms with Crippen molar-refractivity contribution in [2.24, 2.45) is 0 Å². The highest BCUT2D eigenvalue weighted by Gasteiger charge is 2.17. The van der Waals surface area contributed by atoms with Gasteiger partial charge in [-0.05, 0) is 38.8 Å². The van der Waals surface area contributed by atoms with Crippen LogP contribution in [0.15, 0.2) is 22.9 Å². The Hall–Kier alpha value is -2.04. The van der Waals surface area contributed by atoms with E-state index < -0.39 is 0 Å². The van der Waals surface area contributed by atoms with Gasteiger partial charge >= 0.3 is 0 Å². The number of aryl methyl sites for hydroxylation is 2. The molecule has 20 heavy (non-hydrogen) atoms. The van der Waals surface area contributed by atoms with E-state index >= 15 is 0 Å². The van der Waals surface area contributed by atoms with Gasteiger partial charge in [-0.1, -0.05) is 5.16 Å². The summed E-state index contributed by atoms with van der Waals surface area (Å²) in [6, 6.07) is 4.05. The third-order valence-corrected chi connectivity index (χ3v) is 3.83. The number of pyridine rings is 1. The predicted molar refractivity (Wildman–Crippen MR) is 79.0 cm³/mol. The van der Waals surface area contributed by atoms with Gasteiger partial charge in [0.1, 0.15) is 5.76 Å². The van der Waals surface area contributed by atoms with Crippen LogP contribution in [-0.2, 0) is 6.54 Å². The van der Waals surface area contributed by atoms with Crippen LogP contribution < -0.4 is 10.2 Å². The molecule has 0 aliphatic carbocycles. The van der Waals surface area contributed by atoms with E-state index in [0.717, 1.165) is 41.6 Å². The molecule has 3 rings (SSSR count). The summed E-state index contributed by atoms with van der Waals surface area (Å²) in [6.45, 7) is 6.82. The maximum Gasteiger partial charge on any atom is 0.151 e. The fourth-order valence-corrected chi connectivity index (χ4v) is 2.65. The summed E-state index contributed by atoms with van der Waals surface area (Å²) in [5, 5.41) is 7.46. The van der Waals surface area contributed by atoms with Gasteiger partial charge in [0.2, 0.25) is 0 Å². The average molecular weight is 272 g/mol. The topological polar surface area (TPSA) is 54.2 Å².